The van der Waals surface area contributed by atoms with E-state index in [1.165, 1.54) is 5.56 Å². The second-order valence-electron chi connectivity index (χ2n) is 6.95. The second kappa shape index (κ2) is 7.68. The highest BCUT2D eigenvalue weighted by Crippen LogP contribution is 2.34. The predicted octanol–water partition coefficient (Wildman–Crippen LogP) is 4.94. The van der Waals surface area contributed by atoms with Gasteiger partial charge in [-0.2, -0.15) is 0 Å². The number of methoxy groups -OCH3 is 1. The molecule has 0 spiro atoms. The molecule has 1 fully saturated rings. The van der Waals surface area contributed by atoms with Crippen LogP contribution in [0.3, 0.4) is 0 Å². The molecule has 0 aliphatic carbocycles. The second-order valence-corrected chi connectivity index (χ2v) is 7.36. The van der Waals surface area contributed by atoms with Crippen LogP contribution >= 0.6 is 11.6 Å². The van der Waals surface area contributed by atoms with Crippen LogP contribution in [-0.4, -0.2) is 36.2 Å². The quantitative estimate of drug-likeness (QED) is 0.626. The molecule has 28 heavy (non-hydrogen) atoms. The van der Waals surface area contributed by atoms with E-state index in [1.807, 2.05) is 35.2 Å². The standard InChI is InChI=1S/C22H21ClN2O3/c1-14-20(21(24-28-14)18-5-3-4-6-19(18)23)22(26)25-12-11-16(13-25)15-7-9-17(27-2)10-8-15/h3-10,16H,11-13H2,1-2H3. The molecule has 3 aromatic rings. The molecule has 1 aliphatic heterocycles. The zero-order chi connectivity index (χ0) is 19.7. The number of halogens is 1. The third-order valence-corrected chi connectivity index (χ3v) is 5.60. The highest BCUT2D eigenvalue weighted by atomic mass is 35.5. The van der Waals surface area contributed by atoms with Crippen LogP contribution in [0, 0.1) is 6.92 Å². The summed E-state index contributed by atoms with van der Waals surface area (Å²) >= 11 is 6.32. The van der Waals surface area contributed by atoms with Crippen LogP contribution in [0.4, 0.5) is 0 Å². The molecule has 1 atom stereocenters. The number of amides is 1. The Hall–Kier alpha value is -2.79. The summed E-state index contributed by atoms with van der Waals surface area (Å²) in [5, 5.41) is 4.66. The normalized spacial score (nSPS) is 16.4. The Morgan fingerprint density at radius 2 is 1.96 bits per heavy atom. The topological polar surface area (TPSA) is 55.6 Å². The zero-order valence-corrected chi connectivity index (χ0v) is 16.6. The van der Waals surface area contributed by atoms with Crippen molar-refractivity contribution in [1.82, 2.24) is 10.1 Å². The Bertz CT molecular complexity index is 997. The molecule has 1 aliphatic rings. The molecule has 6 heteroatoms. The molecule has 0 bridgehead atoms. The summed E-state index contributed by atoms with van der Waals surface area (Å²) in [4.78, 5) is 15.1. The van der Waals surface area contributed by atoms with Crippen LogP contribution in [-0.2, 0) is 0 Å². The molecule has 0 saturated carbocycles. The number of carbonyl (C=O) groups excluding carboxylic acids is 1. The van der Waals surface area contributed by atoms with Gasteiger partial charge in [-0.15, -0.1) is 0 Å². The lowest BCUT2D eigenvalue weighted by Crippen LogP contribution is -2.29. The first-order valence-electron chi connectivity index (χ1n) is 9.23. The van der Waals surface area contributed by atoms with Gasteiger partial charge in [0.1, 0.15) is 22.8 Å². The average Bonchev–Trinajstić information content (AvgIpc) is 3.35. The molecule has 1 unspecified atom stereocenters. The molecule has 2 heterocycles. The van der Waals surface area contributed by atoms with Crippen molar-refractivity contribution >= 4 is 17.5 Å². The number of rotatable bonds is 4. The van der Waals surface area contributed by atoms with Crippen LogP contribution < -0.4 is 4.74 Å². The minimum Gasteiger partial charge on any atom is -0.497 e. The first-order chi connectivity index (χ1) is 13.6. The Morgan fingerprint density at radius 1 is 1.21 bits per heavy atom. The lowest BCUT2D eigenvalue weighted by atomic mass is 9.98. The lowest BCUT2D eigenvalue weighted by Gasteiger charge is -2.17. The smallest absolute Gasteiger partial charge is 0.259 e. The number of benzene rings is 2. The molecule has 1 aromatic heterocycles. The van der Waals surface area contributed by atoms with Crippen molar-refractivity contribution in [2.75, 3.05) is 20.2 Å². The van der Waals surface area contributed by atoms with Crippen molar-refractivity contribution in [3.8, 4) is 17.0 Å². The van der Waals surface area contributed by atoms with Crippen LogP contribution in [0.15, 0.2) is 53.1 Å². The van der Waals surface area contributed by atoms with Gasteiger partial charge in [0.2, 0.25) is 0 Å². The fourth-order valence-electron chi connectivity index (χ4n) is 3.71. The third-order valence-electron chi connectivity index (χ3n) is 5.27. The number of likely N-dealkylation sites (tertiary alicyclic amines) is 1. The number of aryl methyl sites for hydroxylation is 1. The average molecular weight is 397 g/mol. The van der Waals surface area contributed by atoms with Gasteiger partial charge < -0.3 is 14.2 Å². The molecule has 1 saturated heterocycles. The molecule has 5 nitrogen and oxygen atoms in total. The lowest BCUT2D eigenvalue weighted by molar-refractivity contribution is 0.0789. The van der Waals surface area contributed by atoms with Crippen molar-refractivity contribution in [2.45, 2.75) is 19.3 Å². The predicted molar refractivity (Wildman–Crippen MR) is 108 cm³/mol. The van der Waals surface area contributed by atoms with Gasteiger partial charge in [0.15, 0.2) is 0 Å². The summed E-state index contributed by atoms with van der Waals surface area (Å²) in [6.07, 6.45) is 0.920. The number of hydrogen-bond acceptors (Lipinski definition) is 4. The molecule has 144 valence electrons. The molecule has 4 rings (SSSR count). The van der Waals surface area contributed by atoms with Crippen molar-refractivity contribution in [3.63, 3.8) is 0 Å². The van der Waals surface area contributed by atoms with Gasteiger partial charge in [0, 0.05) is 24.6 Å². The van der Waals surface area contributed by atoms with Crippen LogP contribution in [0.2, 0.25) is 5.02 Å². The van der Waals surface area contributed by atoms with Gasteiger partial charge in [0.05, 0.1) is 12.1 Å². The first-order valence-corrected chi connectivity index (χ1v) is 9.60. The Morgan fingerprint density at radius 3 is 2.68 bits per heavy atom. The summed E-state index contributed by atoms with van der Waals surface area (Å²) < 4.78 is 10.6. The molecule has 0 radical (unpaired) electrons. The van der Waals surface area contributed by atoms with Gasteiger partial charge in [-0.25, -0.2) is 0 Å². The number of ether oxygens (including phenoxy) is 1. The van der Waals surface area contributed by atoms with Gasteiger partial charge in [-0.05, 0) is 37.1 Å². The number of carbonyl (C=O) groups is 1. The van der Waals surface area contributed by atoms with E-state index in [-0.39, 0.29) is 5.91 Å². The van der Waals surface area contributed by atoms with Crippen molar-refractivity contribution in [1.29, 1.82) is 0 Å². The van der Waals surface area contributed by atoms with Gasteiger partial charge in [-0.1, -0.05) is 47.1 Å². The SMILES string of the molecule is COc1ccc(C2CCN(C(=O)c3c(-c4ccccc4Cl)noc3C)C2)cc1. The van der Waals surface area contributed by atoms with Gasteiger partial charge in [0.25, 0.3) is 5.91 Å². The number of aromatic nitrogens is 1. The maximum absolute atomic E-state index is 13.3. The summed E-state index contributed by atoms with van der Waals surface area (Å²) in [6.45, 7) is 3.12. The van der Waals surface area contributed by atoms with Crippen molar-refractivity contribution in [2.24, 2.45) is 0 Å². The van der Waals surface area contributed by atoms with Crippen LogP contribution in [0.1, 0.15) is 34.0 Å². The summed E-state index contributed by atoms with van der Waals surface area (Å²) in [5.74, 6) is 1.58. The van der Waals surface area contributed by atoms with E-state index < -0.39 is 0 Å². The van der Waals surface area contributed by atoms with Crippen LogP contribution in [0.25, 0.3) is 11.3 Å². The highest BCUT2D eigenvalue weighted by Gasteiger charge is 2.32. The number of nitrogens with zero attached hydrogens (tertiary/aromatic N) is 2. The van der Waals surface area contributed by atoms with E-state index >= 15 is 0 Å². The molecule has 1 amide bonds. The highest BCUT2D eigenvalue weighted by molar-refractivity contribution is 6.33. The van der Waals surface area contributed by atoms with E-state index in [1.54, 1.807) is 20.1 Å². The maximum atomic E-state index is 13.3. The number of hydrogen-bond donors (Lipinski definition) is 0. The Balaban J connectivity index is 1.57. The van der Waals surface area contributed by atoms with E-state index in [9.17, 15) is 4.79 Å². The Kier molecular flexibility index (Phi) is 5.09. The molecule has 2 aromatic carbocycles. The summed E-state index contributed by atoms with van der Waals surface area (Å²) in [6, 6.07) is 15.4. The first kappa shape index (κ1) is 18.6. The van der Waals surface area contributed by atoms with E-state index in [2.05, 4.69) is 17.3 Å². The summed E-state index contributed by atoms with van der Waals surface area (Å²) in [7, 11) is 1.66. The van der Waals surface area contributed by atoms with Gasteiger partial charge in [-0.3, -0.25) is 4.79 Å². The Labute approximate surface area is 168 Å². The van der Waals surface area contributed by atoms with Gasteiger partial charge >= 0.3 is 0 Å². The van der Waals surface area contributed by atoms with E-state index in [0.29, 0.717) is 46.6 Å². The van der Waals surface area contributed by atoms with Crippen LogP contribution in [0.5, 0.6) is 5.75 Å². The minimum atomic E-state index is -0.0651. The fraction of sp³-hybridized carbons (Fsp3) is 0.273. The van der Waals surface area contributed by atoms with Crippen molar-refractivity contribution < 1.29 is 14.1 Å². The largest absolute Gasteiger partial charge is 0.497 e. The molecule has 0 N–H and O–H groups in total. The summed E-state index contributed by atoms with van der Waals surface area (Å²) in [5.41, 5.74) is 2.91. The fourth-order valence-corrected chi connectivity index (χ4v) is 3.94. The minimum absolute atomic E-state index is 0.0651. The molecular weight excluding hydrogens is 376 g/mol. The maximum Gasteiger partial charge on any atom is 0.259 e. The monoisotopic (exact) mass is 396 g/mol. The van der Waals surface area contributed by atoms with E-state index in [4.69, 9.17) is 20.9 Å². The molecular formula is C22H21ClN2O3. The third kappa shape index (κ3) is 3.38. The van der Waals surface area contributed by atoms with E-state index in [0.717, 1.165) is 12.2 Å². The van der Waals surface area contributed by atoms with Crippen molar-refractivity contribution in [3.05, 3.63) is 70.4 Å². The zero-order valence-electron chi connectivity index (χ0n) is 15.8.